The van der Waals surface area contributed by atoms with E-state index in [9.17, 15) is 17.6 Å². The van der Waals surface area contributed by atoms with Gasteiger partial charge in [-0.3, -0.25) is 14.4 Å². The topological polar surface area (TPSA) is 75.7 Å². The first-order chi connectivity index (χ1) is 12.1. The van der Waals surface area contributed by atoms with E-state index in [0.29, 0.717) is 22.8 Å². The third-order valence-corrected chi connectivity index (χ3v) is 5.33. The summed E-state index contributed by atoms with van der Waals surface area (Å²) in [5, 5.41) is 0. The van der Waals surface area contributed by atoms with Gasteiger partial charge in [-0.1, -0.05) is 0 Å². The first-order valence-electron chi connectivity index (χ1n) is 8.06. The van der Waals surface area contributed by atoms with Gasteiger partial charge in [0, 0.05) is 11.8 Å². The highest BCUT2D eigenvalue weighted by molar-refractivity contribution is 7.92. The maximum absolute atomic E-state index is 13.2. The van der Waals surface area contributed by atoms with Crippen LogP contribution in [-0.4, -0.2) is 25.7 Å². The van der Waals surface area contributed by atoms with Crippen LogP contribution in [0.25, 0.3) is 0 Å². The van der Waals surface area contributed by atoms with Crippen LogP contribution >= 0.6 is 0 Å². The van der Waals surface area contributed by atoms with Crippen molar-refractivity contribution < 1.29 is 22.3 Å². The van der Waals surface area contributed by atoms with E-state index in [1.807, 2.05) is 0 Å². The van der Waals surface area contributed by atoms with Gasteiger partial charge in [0.05, 0.1) is 17.1 Å². The molecule has 8 heteroatoms. The average molecular weight is 378 g/mol. The van der Waals surface area contributed by atoms with E-state index in [4.69, 9.17) is 4.74 Å². The van der Waals surface area contributed by atoms with Crippen LogP contribution < -0.4 is 14.4 Å². The van der Waals surface area contributed by atoms with Crippen LogP contribution in [0, 0.1) is 5.82 Å². The van der Waals surface area contributed by atoms with Crippen LogP contribution in [0.5, 0.6) is 5.75 Å². The van der Waals surface area contributed by atoms with Gasteiger partial charge in [-0.25, -0.2) is 12.8 Å². The smallest absolute Gasteiger partial charge is 0.275 e. The SMILES string of the molecule is CCS(=O)(=O)Nc1ccc2c(c1)OC(C)(C)C(=O)N2c1ccc(F)cc1. The second kappa shape index (κ2) is 6.28. The molecule has 1 amide bonds. The summed E-state index contributed by atoms with van der Waals surface area (Å²) in [5.41, 5.74) is 0.134. The van der Waals surface area contributed by atoms with Gasteiger partial charge in [0.2, 0.25) is 10.0 Å². The standard InChI is InChI=1S/C18H19FN2O4S/c1-4-26(23,24)20-13-7-10-15-16(11-13)25-18(2,3)17(22)21(15)14-8-5-12(19)6-9-14/h5-11,20H,4H2,1-3H3. The molecule has 2 aromatic rings. The third-order valence-electron chi connectivity index (χ3n) is 4.02. The lowest BCUT2D eigenvalue weighted by molar-refractivity contribution is -0.131. The molecule has 0 fully saturated rings. The Balaban J connectivity index is 2.09. The summed E-state index contributed by atoms with van der Waals surface area (Å²) in [5.74, 6) is -0.414. The van der Waals surface area contributed by atoms with Gasteiger partial charge in [0.15, 0.2) is 5.60 Å². The first kappa shape index (κ1) is 18.2. The lowest BCUT2D eigenvalue weighted by Gasteiger charge is -2.39. The molecule has 3 rings (SSSR count). The average Bonchev–Trinajstić information content (AvgIpc) is 2.57. The zero-order chi connectivity index (χ0) is 19.1. The first-order valence-corrected chi connectivity index (χ1v) is 9.72. The molecule has 0 aliphatic carbocycles. The quantitative estimate of drug-likeness (QED) is 0.884. The van der Waals surface area contributed by atoms with E-state index in [1.165, 1.54) is 42.2 Å². The van der Waals surface area contributed by atoms with Gasteiger partial charge >= 0.3 is 0 Å². The van der Waals surface area contributed by atoms with Crippen LogP contribution in [-0.2, 0) is 14.8 Å². The molecule has 2 aromatic carbocycles. The molecule has 0 spiro atoms. The zero-order valence-corrected chi connectivity index (χ0v) is 15.4. The van der Waals surface area contributed by atoms with E-state index in [-0.39, 0.29) is 11.7 Å². The molecule has 1 N–H and O–H groups in total. The second-order valence-electron chi connectivity index (χ2n) is 6.42. The molecule has 0 saturated heterocycles. The molecule has 138 valence electrons. The van der Waals surface area contributed by atoms with Crippen LogP contribution in [0.15, 0.2) is 42.5 Å². The summed E-state index contributed by atoms with van der Waals surface area (Å²) < 4.78 is 45.1. The molecule has 0 unspecified atom stereocenters. The van der Waals surface area contributed by atoms with Gasteiger partial charge in [-0.2, -0.15) is 0 Å². The van der Waals surface area contributed by atoms with E-state index in [1.54, 1.807) is 26.0 Å². The minimum Gasteiger partial charge on any atom is -0.476 e. The number of ether oxygens (including phenoxy) is 1. The molecular weight excluding hydrogens is 359 g/mol. The Labute approximate surface area is 151 Å². The Morgan fingerprint density at radius 2 is 1.81 bits per heavy atom. The molecule has 6 nitrogen and oxygen atoms in total. The highest BCUT2D eigenvalue weighted by Gasteiger charge is 2.41. The number of sulfonamides is 1. The lowest BCUT2D eigenvalue weighted by Crippen LogP contribution is -2.50. The molecule has 0 radical (unpaired) electrons. The number of amides is 1. The van der Waals surface area contributed by atoms with Crippen LogP contribution in [0.3, 0.4) is 0 Å². The van der Waals surface area contributed by atoms with Crippen molar-refractivity contribution in [3.63, 3.8) is 0 Å². The fraction of sp³-hybridized carbons (Fsp3) is 0.278. The predicted molar refractivity (Wildman–Crippen MR) is 97.8 cm³/mol. The van der Waals surface area contributed by atoms with Gasteiger partial charge in [-0.15, -0.1) is 0 Å². The van der Waals surface area contributed by atoms with Crippen molar-refractivity contribution in [1.82, 2.24) is 0 Å². The minimum absolute atomic E-state index is 0.0589. The van der Waals surface area contributed by atoms with Crippen molar-refractivity contribution in [3.05, 3.63) is 48.3 Å². The fourth-order valence-electron chi connectivity index (χ4n) is 2.64. The summed E-state index contributed by atoms with van der Waals surface area (Å²) in [6.45, 7) is 4.78. The number of carbonyl (C=O) groups excluding carboxylic acids is 1. The molecule has 0 bridgehead atoms. The van der Waals surface area contributed by atoms with Gasteiger partial charge in [-0.05, 0) is 57.2 Å². The highest BCUT2D eigenvalue weighted by Crippen LogP contribution is 2.43. The highest BCUT2D eigenvalue weighted by atomic mass is 32.2. The van der Waals surface area contributed by atoms with Crippen LogP contribution in [0.1, 0.15) is 20.8 Å². The maximum Gasteiger partial charge on any atom is 0.275 e. The summed E-state index contributed by atoms with van der Waals surface area (Å²) in [7, 11) is -3.44. The normalized spacial score (nSPS) is 16.0. The molecule has 26 heavy (non-hydrogen) atoms. The summed E-state index contributed by atoms with van der Waals surface area (Å²) in [6.07, 6.45) is 0. The Morgan fingerprint density at radius 3 is 2.42 bits per heavy atom. The Kier molecular flexibility index (Phi) is 4.39. The molecule has 1 aliphatic rings. The lowest BCUT2D eigenvalue weighted by atomic mass is 10.0. The molecule has 1 heterocycles. The third kappa shape index (κ3) is 3.37. The number of hydrogen-bond donors (Lipinski definition) is 1. The van der Waals surface area contributed by atoms with Gasteiger partial charge < -0.3 is 4.74 Å². The molecule has 0 atom stereocenters. The monoisotopic (exact) mass is 378 g/mol. The summed E-state index contributed by atoms with van der Waals surface area (Å²) >= 11 is 0. The largest absolute Gasteiger partial charge is 0.476 e. The molecule has 0 saturated carbocycles. The van der Waals surface area contributed by atoms with E-state index in [2.05, 4.69) is 4.72 Å². The number of anilines is 3. The Bertz CT molecular complexity index is 956. The van der Waals surface area contributed by atoms with Gasteiger partial charge in [0.25, 0.3) is 5.91 Å². The Morgan fingerprint density at radius 1 is 1.15 bits per heavy atom. The minimum atomic E-state index is -3.44. The molecular formula is C18H19FN2O4S. The number of nitrogens with zero attached hydrogens (tertiary/aromatic N) is 1. The van der Waals surface area contributed by atoms with Crippen molar-refractivity contribution in [2.45, 2.75) is 26.4 Å². The fourth-order valence-corrected chi connectivity index (χ4v) is 3.27. The number of benzene rings is 2. The molecule has 0 aromatic heterocycles. The summed E-state index contributed by atoms with van der Waals surface area (Å²) in [4.78, 5) is 14.3. The number of fused-ring (bicyclic) bond motifs is 1. The number of rotatable bonds is 4. The van der Waals surface area contributed by atoms with Crippen LogP contribution in [0.4, 0.5) is 21.5 Å². The number of nitrogens with one attached hydrogen (secondary N) is 1. The Hall–Kier alpha value is -2.61. The predicted octanol–water partition coefficient (Wildman–Crippen LogP) is 3.42. The van der Waals surface area contributed by atoms with Crippen molar-refractivity contribution in [1.29, 1.82) is 0 Å². The second-order valence-corrected chi connectivity index (χ2v) is 8.43. The van der Waals surface area contributed by atoms with Crippen molar-refractivity contribution in [3.8, 4) is 5.75 Å². The van der Waals surface area contributed by atoms with Crippen molar-refractivity contribution in [2.75, 3.05) is 15.4 Å². The van der Waals surface area contributed by atoms with E-state index >= 15 is 0 Å². The van der Waals surface area contributed by atoms with E-state index < -0.39 is 21.4 Å². The van der Waals surface area contributed by atoms with Crippen LogP contribution in [0.2, 0.25) is 0 Å². The number of carbonyl (C=O) groups is 1. The number of hydrogen-bond acceptors (Lipinski definition) is 4. The summed E-state index contributed by atoms with van der Waals surface area (Å²) in [6, 6.07) is 10.2. The maximum atomic E-state index is 13.2. The van der Waals surface area contributed by atoms with Crippen molar-refractivity contribution in [2.24, 2.45) is 0 Å². The number of halogens is 1. The zero-order valence-electron chi connectivity index (χ0n) is 14.6. The van der Waals surface area contributed by atoms with Gasteiger partial charge in [0.1, 0.15) is 11.6 Å². The van der Waals surface area contributed by atoms with E-state index in [0.717, 1.165) is 0 Å². The van der Waals surface area contributed by atoms with Crippen molar-refractivity contribution >= 4 is 33.0 Å². The molecule has 1 aliphatic heterocycles.